The third-order valence-corrected chi connectivity index (χ3v) is 3.57. The number of nitrogens with one attached hydrogen (secondary N) is 1. The van der Waals surface area contributed by atoms with E-state index in [0.717, 1.165) is 11.3 Å². The molecule has 0 aliphatic carbocycles. The monoisotopic (exact) mass is 324 g/mol. The van der Waals surface area contributed by atoms with Crippen LogP contribution in [0.3, 0.4) is 0 Å². The van der Waals surface area contributed by atoms with Gasteiger partial charge in [-0.05, 0) is 27.2 Å². The fourth-order valence-electron chi connectivity index (χ4n) is 2.41. The summed E-state index contributed by atoms with van der Waals surface area (Å²) in [5.74, 6) is -0.234. The van der Waals surface area contributed by atoms with Gasteiger partial charge in [0.05, 0.1) is 18.8 Å². The third-order valence-electron chi connectivity index (χ3n) is 3.57. The quantitative estimate of drug-likeness (QED) is 0.855. The maximum absolute atomic E-state index is 12.3. The number of hydrogen-bond acceptors (Lipinski definition) is 5. The molecule has 2 rings (SSSR count). The van der Waals surface area contributed by atoms with Crippen LogP contribution < -0.4 is 0 Å². The van der Waals surface area contributed by atoms with E-state index in [1.54, 1.807) is 11.9 Å². The van der Waals surface area contributed by atoms with Crippen LogP contribution in [0.25, 0.3) is 0 Å². The summed E-state index contributed by atoms with van der Waals surface area (Å²) in [6.45, 7) is 6.45. The van der Waals surface area contributed by atoms with Crippen LogP contribution in [0.5, 0.6) is 0 Å². The van der Waals surface area contributed by atoms with Gasteiger partial charge < -0.3 is 19.6 Å². The summed E-state index contributed by atoms with van der Waals surface area (Å²) in [7, 11) is 1.62. The molecule has 1 aromatic heterocycles. The number of rotatable bonds is 3. The molecule has 0 radical (unpaired) electrons. The lowest BCUT2D eigenvalue weighted by Crippen LogP contribution is -2.40. The summed E-state index contributed by atoms with van der Waals surface area (Å²) in [6, 6.07) is 0. The first-order chi connectivity index (χ1) is 10.7. The molecule has 0 saturated heterocycles. The van der Waals surface area contributed by atoms with Gasteiger partial charge in [-0.3, -0.25) is 9.89 Å². The first kappa shape index (κ1) is 17.3. The maximum atomic E-state index is 12.3. The van der Waals surface area contributed by atoms with Crippen molar-refractivity contribution in [2.75, 3.05) is 26.7 Å². The number of aliphatic hydroxyl groups excluding tert-OH is 1. The van der Waals surface area contributed by atoms with Crippen molar-refractivity contribution in [1.29, 1.82) is 0 Å². The molecule has 1 aromatic rings. The summed E-state index contributed by atoms with van der Waals surface area (Å²) >= 11 is 0. The van der Waals surface area contributed by atoms with Crippen molar-refractivity contribution in [2.45, 2.75) is 39.3 Å². The predicted molar refractivity (Wildman–Crippen MR) is 83.0 cm³/mol. The second kappa shape index (κ2) is 6.57. The van der Waals surface area contributed by atoms with Gasteiger partial charge in [-0.2, -0.15) is 5.10 Å². The predicted octanol–water partition coefficient (Wildman–Crippen LogP) is 0.767. The van der Waals surface area contributed by atoms with Gasteiger partial charge in [0, 0.05) is 25.7 Å². The average Bonchev–Trinajstić information content (AvgIpc) is 2.87. The lowest BCUT2D eigenvalue weighted by Gasteiger charge is -2.30. The Labute approximate surface area is 135 Å². The van der Waals surface area contributed by atoms with E-state index in [-0.39, 0.29) is 25.2 Å². The number of fused-ring (bicyclic) bond motifs is 1. The highest BCUT2D eigenvalue weighted by atomic mass is 16.6. The molecule has 8 nitrogen and oxygen atoms in total. The zero-order chi connectivity index (χ0) is 17.2. The summed E-state index contributed by atoms with van der Waals surface area (Å²) in [5, 5.41) is 15.9. The molecule has 0 aromatic carbocycles. The van der Waals surface area contributed by atoms with E-state index in [1.165, 1.54) is 4.90 Å². The van der Waals surface area contributed by atoms with Gasteiger partial charge in [-0.1, -0.05) is 0 Å². The molecule has 2 N–H and O–H groups in total. The van der Waals surface area contributed by atoms with Crippen molar-refractivity contribution in [1.82, 2.24) is 20.0 Å². The standard InChI is InChI=1S/C15H24N4O4/c1-15(2,3)23-14(22)19-6-5-10-11(9-19)16-17-12(10)13(21)18(4)7-8-20/h20H,5-9H2,1-4H3,(H,16,17). The Kier molecular flexibility index (Phi) is 4.93. The molecule has 0 unspecified atom stereocenters. The SMILES string of the molecule is CN(CCO)C(=O)c1n[nH]c2c1CCN(C(=O)OC(C)(C)C)C2. The van der Waals surface area contributed by atoms with Crippen molar-refractivity contribution in [3.05, 3.63) is 17.0 Å². The fraction of sp³-hybridized carbons (Fsp3) is 0.667. The molecular formula is C15H24N4O4. The lowest BCUT2D eigenvalue weighted by atomic mass is 10.0. The number of nitrogens with zero attached hydrogens (tertiary/aromatic N) is 3. The molecule has 0 spiro atoms. The number of likely N-dealkylation sites (N-methyl/N-ethyl adjacent to an activating group) is 1. The Morgan fingerprint density at radius 3 is 2.74 bits per heavy atom. The molecular weight excluding hydrogens is 300 g/mol. The zero-order valence-corrected chi connectivity index (χ0v) is 14.0. The van der Waals surface area contributed by atoms with Crippen LogP contribution in [0.2, 0.25) is 0 Å². The van der Waals surface area contributed by atoms with Gasteiger partial charge in [-0.25, -0.2) is 4.79 Å². The van der Waals surface area contributed by atoms with Gasteiger partial charge in [0.1, 0.15) is 5.60 Å². The Morgan fingerprint density at radius 1 is 1.43 bits per heavy atom. The molecule has 2 amide bonds. The molecule has 0 bridgehead atoms. The molecule has 0 saturated carbocycles. The van der Waals surface area contributed by atoms with Crippen LogP contribution >= 0.6 is 0 Å². The minimum Gasteiger partial charge on any atom is -0.444 e. The molecule has 8 heteroatoms. The molecule has 2 heterocycles. The number of aromatic amines is 1. The summed E-state index contributed by atoms with van der Waals surface area (Å²) in [6.07, 6.45) is 0.169. The highest BCUT2D eigenvalue weighted by Gasteiger charge is 2.30. The number of amides is 2. The smallest absolute Gasteiger partial charge is 0.410 e. The molecule has 0 atom stereocenters. The number of carbonyl (C=O) groups excluding carboxylic acids is 2. The van der Waals surface area contributed by atoms with Crippen molar-refractivity contribution < 1.29 is 19.4 Å². The second-order valence-electron chi connectivity index (χ2n) is 6.63. The fourth-order valence-corrected chi connectivity index (χ4v) is 2.41. The summed E-state index contributed by atoms with van der Waals surface area (Å²) in [4.78, 5) is 27.4. The van der Waals surface area contributed by atoms with Gasteiger partial charge >= 0.3 is 6.09 Å². The van der Waals surface area contributed by atoms with Crippen LogP contribution in [0, 0.1) is 0 Å². The maximum Gasteiger partial charge on any atom is 0.410 e. The highest BCUT2D eigenvalue weighted by molar-refractivity contribution is 5.94. The first-order valence-electron chi connectivity index (χ1n) is 7.63. The van der Waals surface area contributed by atoms with E-state index in [4.69, 9.17) is 9.84 Å². The van der Waals surface area contributed by atoms with E-state index in [9.17, 15) is 9.59 Å². The van der Waals surface area contributed by atoms with E-state index in [0.29, 0.717) is 25.2 Å². The Balaban J connectivity index is 2.10. The van der Waals surface area contributed by atoms with E-state index in [1.807, 2.05) is 20.8 Å². The van der Waals surface area contributed by atoms with E-state index < -0.39 is 5.60 Å². The first-order valence-corrected chi connectivity index (χ1v) is 7.63. The van der Waals surface area contributed by atoms with Crippen LogP contribution in [0.1, 0.15) is 42.5 Å². The van der Waals surface area contributed by atoms with Crippen molar-refractivity contribution in [2.24, 2.45) is 0 Å². The van der Waals surface area contributed by atoms with Gasteiger partial charge in [0.25, 0.3) is 5.91 Å². The lowest BCUT2D eigenvalue weighted by molar-refractivity contribution is 0.0221. The Hall–Kier alpha value is -2.09. The third kappa shape index (κ3) is 4.01. The normalized spacial score (nSPS) is 14.4. The molecule has 23 heavy (non-hydrogen) atoms. The van der Waals surface area contributed by atoms with Crippen LogP contribution in [-0.4, -0.2) is 69.4 Å². The van der Waals surface area contributed by atoms with Crippen molar-refractivity contribution >= 4 is 12.0 Å². The highest BCUT2D eigenvalue weighted by Crippen LogP contribution is 2.22. The summed E-state index contributed by atoms with van der Waals surface area (Å²) < 4.78 is 5.37. The molecule has 1 aliphatic rings. The topological polar surface area (TPSA) is 98.8 Å². The number of hydrogen-bond donors (Lipinski definition) is 2. The Bertz CT molecular complexity index is 591. The van der Waals surface area contributed by atoms with Crippen molar-refractivity contribution in [3.8, 4) is 0 Å². The number of carbonyl (C=O) groups is 2. The molecule has 0 fully saturated rings. The summed E-state index contributed by atoms with van der Waals surface area (Å²) in [5.41, 5.74) is 1.40. The minimum atomic E-state index is -0.542. The average molecular weight is 324 g/mol. The van der Waals surface area contributed by atoms with Gasteiger partial charge in [0.2, 0.25) is 0 Å². The van der Waals surface area contributed by atoms with E-state index in [2.05, 4.69) is 10.2 Å². The van der Waals surface area contributed by atoms with E-state index >= 15 is 0 Å². The van der Waals surface area contributed by atoms with Gasteiger partial charge in [-0.15, -0.1) is 0 Å². The molecule has 1 aliphatic heterocycles. The van der Waals surface area contributed by atoms with Gasteiger partial charge in [0.15, 0.2) is 5.69 Å². The number of aliphatic hydroxyl groups is 1. The number of H-pyrrole nitrogens is 1. The van der Waals surface area contributed by atoms with Crippen LogP contribution in [-0.2, 0) is 17.7 Å². The Morgan fingerprint density at radius 2 is 2.13 bits per heavy atom. The molecule has 128 valence electrons. The largest absolute Gasteiger partial charge is 0.444 e. The van der Waals surface area contributed by atoms with Crippen molar-refractivity contribution in [3.63, 3.8) is 0 Å². The zero-order valence-electron chi connectivity index (χ0n) is 14.0. The minimum absolute atomic E-state index is 0.0960. The van der Waals surface area contributed by atoms with Crippen LogP contribution in [0.15, 0.2) is 0 Å². The second-order valence-corrected chi connectivity index (χ2v) is 6.63. The number of ether oxygens (including phenoxy) is 1. The van der Waals surface area contributed by atoms with Crippen LogP contribution in [0.4, 0.5) is 4.79 Å². The number of aromatic nitrogens is 2.